The fourth-order valence-electron chi connectivity index (χ4n) is 4.13. The van der Waals surface area contributed by atoms with Crippen LogP contribution in [0.25, 0.3) is 0 Å². The van der Waals surface area contributed by atoms with Crippen molar-refractivity contribution in [3.8, 4) is 0 Å². The molecule has 2 atom stereocenters. The number of halogens is 1. The van der Waals surface area contributed by atoms with Crippen molar-refractivity contribution >= 4 is 33.2 Å². The van der Waals surface area contributed by atoms with Gasteiger partial charge < -0.3 is 5.32 Å². The molecule has 0 fully saturated rings. The Labute approximate surface area is 225 Å². The van der Waals surface area contributed by atoms with Crippen molar-refractivity contribution in [3.63, 3.8) is 0 Å². The van der Waals surface area contributed by atoms with Crippen LogP contribution in [-0.4, -0.2) is 30.4 Å². The summed E-state index contributed by atoms with van der Waals surface area (Å²) in [5.74, 6) is -1.63. The molecule has 0 saturated heterocycles. The topological polar surface area (TPSA) is 99.6 Å². The monoisotopic (exact) mass is 553 g/mol. The second kappa shape index (κ2) is 12.3. The van der Waals surface area contributed by atoms with Crippen molar-refractivity contribution in [2.24, 2.45) is 0 Å². The number of para-hydroxylation sites is 1. The first-order valence-corrected chi connectivity index (χ1v) is 14.4. The number of nitrogens with one attached hydrogen (secondary N) is 1. The van der Waals surface area contributed by atoms with Gasteiger partial charge in [0.2, 0.25) is 5.91 Å². The summed E-state index contributed by atoms with van der Waals surface area (Å²) in [5.41, 5.74) is 2.42. The molecule has 0 aliphatic heterocycles. The quantitative estimate of drug-likeness (QED) is 0.244. The van der Waals surface area contributed by atoms with Gasteiger partial charge in [-0.3, -0.25) is 9.35 Å². The molecule has 4 aromatic rings. The van der Waals surface area contributed by atoms with E-state index in [-0.39, 0.29) is 12.2 Å². The van der Waals surface area contributed by atoms with Crippen LogP contribution in [0.15, 0.2) is 90.3 Å². The maximum atomic E-state index is 14.1. The van der Waals surface area contributed by atoms with E-state index in [0.717, 1.165) is 15.6 Å². The number of hydrogen-bond donors (Lipinski definition) is 2. The first-order valence-electron chi connectivity index (χ1n) is 12.1. The molecular weight excluding hydrogens is 525 g/mol. The zero-order chi connectivity index (χ0) is 27.1. The highest BCUT2D eigenvalue weighted by Crippen LogP contribution is 2.28. The van der Waals surface area contributed by atoms with Crippen LogP contribution in [0.2, 0.25) is 0 Å². The molecule has 1 heterocycles. The fourth-order valence-corrected chi connectivity index (χ4v) is 5.80. The highest BCUT2D eigenvalue weighted by Gasteiger charge is 2.30. The van der Waals surface area contributed by atoms with Gasteiger partial charge in [-0.05, 0) is 48.2 Å². The molecule has 38 heavy (non-hydrogen) atoms. The van der Waals surface area contributed by atoms with Crippen molar-refractivity contribution in [1.29, 1.82) is 0 Å². The first-order chi connectivity index (χ1) is 18.2. The van der Waals surface area contributed by atoms with E-state index in [2.05, 4.69) is 10.3 Å². The van der Waals surface area contributed by atoms with Gasteiger partial charge in [0.25, 0.3) is 0 Å². The third kappa shape index (κ3) is 7.03. The second-order valence-electron chi connectivity index (χ2n) is 8.73. The number of carbonyl (C=O) groups excluding carboxylic acids is 1. The van der Waals surface area contributed by atoms with E-state index in [9.17, 15) is 22.2 Å². The molecule has 10 heteroatoms. The largest absolute Gasteiger partial charge is 0.360 e. The molecular formula is C28H28FN3O4S2. The summed E-state index contributed by atoms with van der Waals surface area (Å²) in [5, 5.41) is 5.30. The summed E-state index contributed by atoms with van der Waals surface area (Å²) < 4.78 is 49.8. The van der Waals surface area contributed by atoms with Crippen LogP contribution in [0.3, 0.4) is 0 Å². The van der Waals surface area contributed by atoms with Crippen molar-refractivity contribution in [3.05, 3.63) is 118 Å². The second-order valence-corrected chi connectivity index (χ2v) is 11.0. The number of anilines is 1. The number of amides is 1. The Hall–Kier alpha value is -3.60. The Kier molecular flexibility index (Phi) is 8.88. The Bertz CT molecular complexity index is 1460. The van der Waals surface area contributed by atoms with E-state index in [1.165, 1.54) is 23.5 Å². The molecule has 2 N–H and O–H groups in total. The molecule has 0 spiro atoms. The van der Waals surface area contributed by atoms with Gasteiger partial charge in [0.15, 0.2) is 0 Å². The fraction of sp³-hybridized carbons (Fsp3) is 0.214. The highest BCUT2D eigenvalue weighted by atomic mass is 32.2. The molecule has 1 amide bonds. The van der Waals surface area contributed by atoms with Crippen LogP contribution in [0.4, 0.5) is 10.1 Å². The molecule has 4 rings (SSSR count). The minimum Gasteiger partial charge on any atom is -0.344 e. The van der Waals surface area contributed by atoms with Crippen LogP contribution >= 0.6 is 11.3 Å². The van der Waals surface area contributed by atoms with Crippen molar-refractivity contribution in [1.82, 2.24) is 10.3 Å². The predicted octanol–water partition coefficient (Wildman–Crippen LogP) is 5.34. The van der Waals surface area contributed by atoms with Crippen molar-refractivity contribution in [2.75, 3.05) is 10.8 Å². The minimum absolute atomic E-state index is 0.243. The standard InChI is InChI=1S/C28H28FN3O4S2/c1-2-23-19-37-28(30-23)26(18-32(38(34,35)36)24-14-7-4-8-15-24)31-27(33)25(16-20-10-5-3-6-11-20)21-12-9-13-22(29)17-21/h3-15,17,19,25-26H,2,16,18H2,1H3,(H,31,33)(H,34,35,36). The first kappa shape index (κ1) is 27.4. The van der Waals surface area contributed by atoms with E-state index >= 15 is 0 Å². The van der Waals surface area contributed by atoms with Crippen molar-refractivity contribution < 1.29 is 22.2 Å². The molecule has 0 aliphatic carbocycles. The summed E-state index contributed by atoms with van der Waals surface area (Å²) in [4.78, 5) is 18.4. The number of carbonyl (C=O) groups is 1. The van der Waals surface area contributed by atoms with Gasteiger partial charge in [-0.25, -0.2) is 13.7 Å². The summed E-state index contributed by atoms with van der Waals surface area (Å²) in [6.07, 6.45) is 0.972. The number of rotatable bonds is 11. The molecule has 7 nitrogen and oxygen atoms in total. The SMILES string of the molecule is CCc1csc(C(CN(c2ccccc2)S(=O)(=O)O)NC(=O)C(Cc2ccccc2)c2cccc(F)c2)n1. The van der Waals surface area contributed by atoms with Gasteiger partial charge >= 0.3 is 10.3 Å². The van der Waals surface area contributed by atoms with Gasteiger partial charge in [-0.2, -0.15) is 8.42 Å². The van der Waals surface area contributed by atoms with Crippen LogP contribution in [0.1, 0.15) is 40.7 Å². The summed E-state index contributed by atoms with van der Waals surface area (Å²) in [6.45, 7) is 1.66. The van der Waals surface area contributed by atoms with Gasteiger partial charge in [-0.15, -0.1) is 11.3 Å². The van der Waals surface area contributed by atoms with E-state index in [1.807, 2.05) is 42.6 Å². The molecule has 198 valence electrons. The van der Waals surface area contributed by atoms with Crippen LogP contribution in [0, 0.1) is 5.82 Å². The Morgan fingerprint density at radius 2 is 1.74 bits per heavy atom. The van der Waals surface area contributed by atoms with Crippen LogP contribution in [0.5, 0.6) is 0 Å². The van der Waals surface area contributed by atoms with Crippen molar-refractivity contribution in [2.45, 2.75) is 31.7 Å². The number of nitrogens with zero attached hydrogens (tertiary/aromatic N) is 2. The molecule has 0 aliphatic rings. The molecule has 1 aromatic heterocycles. The highest BCUT2D eigenvalue weighted by molar-refractivity contribution is 7.87. The summed E-state index contributed by atoms with van der Waals surface area (Å²) in [6, 6.07) is 22.5. The Morgan fingerprint density at radius 3 is 2.34 bits per heavy atom. The third-order valence-corrected chi connectivity index (χ3v) is 7.99. The maximum Gasteiger partial charge on any atom is 0.360 e. The lowest BCUT2D eigenvalue weighted by molar-refractivity contribution is -0.123. The number of hydrogen-bond acceptors (Lipinski definition) is 5. The zero-order valence-electron chi connectivity index (χ0n) is 20.7. The molecule has 3 aromatic carbocycles. The molecule has 2 unspecified atom stereocenters. The summed E-state index contributed by atoms with van der Waals surface area (Å²) in [7, 11) is -4.67. The van der Waals surface area contributed by atoms with Crippen LogP contribution < -0.4 is 9.62 Å². The van der Waals surface area contributed by atoms with Gasteiger partial charge in [0.05, 0.1) is 29.9 Å². The number of thiazole rings is 1. The molecule has 0 radical (unpaired) electrons. The molecule has 0 bridgehead atoms. The van der Waals surface area contributed by atoms with Gasteiger partial charge in [-0.1, -0.05) is 67.6 Å². The van der Waals surface area contributed by atoms with Crippen LogP contribution in [-0.2, 0) is 27.9 Å². The third-order valence-electron chi connectivity index (χ3n) is 6.07. The Balaban J connectivity index is 1.70. The lowest BCUT2D eigenvalue weighted by atomic mass is 9.91. The van der Waals surface area contributed by atoms with Gasteiger partial charge in [0.1, 0.15) is 10.8 Å². The number of benzene rings is 3. The lowest BCUT2D eigenvalue weighted by Gasteiger charge is -2.27. The van der Waals surface area contributed by atoms with E-state index in [1.54, 1.807) is 42.5 Å². The lowest BCUT2D eigenvalue weighted by Crippen LogP contribution is -2.42. The smallest absolute Gasteiger partial charge is 0.344 e. The minimum atomic E-state index is -4.67. The average molecular weight is 554 g/mol. The zero-order valence-corrected chi connectivity index (χ0v) is 22.3. The average Bonchev–Trinajstić information content (AvgIpc) is 3.39. The van der Waals surface area contributed by atoms with Gasteiger partial charge in [0, 0.05) is 5.38 Å². The number of aromatic nitrogens is 1. The van der Waals surface area contributed by atoms with E-state index in [0.29, 0.717) is 23.4 Å². The normalized spacial score (nSPS) is 13.0. The predicted molar refractivity (Wildman–Crippen MR) is 147 cm³/mol. The maximum absolute atomic E-state index is 14.1. The van der Waals surface area contributed by atoms with E-state index < -0.39 is 34.0 Å². The molecule has 0 saturated carbocycles. The number of aryl methyl sites for hydroxylation is 1. The summed E-state index contributed by atoms with van der Waals surface area (Å²) >= 11 is 1.30. The van der Waals surface area contributed by atoms with E-state index in [4.69, 9.17) is 0 Å². The Morgan fingerprint density at radius 1 is 1.05 bits per heavy atom.